The van der Waals surface area contributed by atoms with Gasteiger partial charge in [-0.15, -0.1) is 0 Å². The number of anilines is 1. The maximum Gasteiger partial charge on any atom is 0.264 e. The second kappa shape index (κ2) is 6.40. The zero-order valence-corrected chi connectivity index (χ0v) is 13.0. The van der Waals surface area contributed by atoms with Crippen LogP contribution in [0.3, 0.4) is 0 Å². The van der Waals surface area contributed by atoms with Crippen LogP contribution in [0.4, 0.5) is 5.88 Å². The first-order chi connectivity index (χ1) is 10.6. The Hall–Kier alpha value is -2.01. The van der Waals surface area contributed by atoms with Crippen LogP contribution in [0.15, 0.2) is 28.8 Å². The quantitative estimate of drug-likeness (QED) is 0.936. The Kier molecular flexibility index (Phi) is 4.34. The number of aromatic nitrogens is 1. The number of hydrogen-bond acceptors (Lipinski definition) is 4. The molecule has 6 heteroatoms. The number of nitrogens with one attached hydrogen (secondary N) is 1. The van der Waals surface area contributed by atoms with Crippen molar-refractivity contribution in [2.24, 2.45) is 5.92 Å². The van der Waals surface area contributed by atoms with Gasteiger partial charge in [0.2, 0.25) is 5.88 Å². The summed E-state index contributed by atoms with van der Waals surface area (Å²) < 4.78 is 10.7. The minimum atomic E-state index is -0.294. The Labute approximate surface area is 133 Å². The highest BCUT2D eigenvalue weighted by Crippen LogP contribution is 2.30. The topological polar surface area (TPSA) is 64.4 Å². The molecule has 0 unspecified atom stereocenters. The average Bonchev–Trinajstić information content (AvgIpc) is 2.89. The van der Waals surface area contributed by atoms with Gasteiger partial charge in [0.15, 0.2) is 6.61 Å². The fourth-order valence-corrected chi connectivity index (χ4v) is 2.74. The van der Waals surface area contributed by atoms with Gasteiger partial charge >= 0.3 is 0 Å². The Bertz CT molecular complexity index is 684. The van der Waals surface area contributed by atoms with Crippen LogP contribution in [0.25, 0.3) is 0 Å². The molecule has 1 aliphatic carbocycles. The molecule has 0 bridgehead atoms. The second-order valence-corrected chi connectivity index (χ2v) is 5.96. The lowest BCUT2D eigenvalue weighted by Crippen LogP contribution is -2.21. The molecular formula is C16H17ClN2O3. The highest BCUT2D eigenvalue weighted by molar-refractivity contribution is 6.32. The average molecular weight is 321 g/mol. The number of halogens is 1. The minimum Gasteiger partial charge on any atom is -0.482 e. The Morgan fingerprint density at radius 1 is 1.50 bits per heavy atom. The summed E-state index contributed by atoms with van der Waals surface area (Å²) in [4.78, 5) is 12.0. The number of carbonyl (C=O) groups is 1. The molecule has 22 heavy (non-hydrogen) atoms. The largest absolute Gasteiger partial charge is 0.482 e. The maximum atomic E-state index is 12.0. The standard InChI is InChI=1S/C16H17ClN2O3/c1-10-6-7-13-11(8-10)16(22-19-13)18-15(20)9-21-14-5-3-2-4-12(14)17/h2-5,10H,6-9H2,1H3,(H,18,20)/t10-/m0/s1. The summed E-state index contributed by atoms with van der Waals surface area (Å²) in [5, 5.41) is 7.22. The SMILES string of the molecule is C[C@H]1CCc2noc(NC(=O)COc3ccccc3Cl)c2C1. The molecule has 1 heterocycles. The van der Waals surface area contributed by atoms with Gasteiger partial charge in [-0.25, -0.2) is 0 Å². The van der Waals surface area contributed by atoms with E-state index < -0.39 is 0 Å². The summed E-state index contributed by atoms with van der Waals surface area (Å²) >= 11 is 5.98. The highest BCUT2D eigenvalue weighted by atomic mass is 35.5. The van der Waals surface area contributed by atoms with Crippen molar-refractivity contribution in [1.29, 1.82) is 0 Å². The molecule has 0 spiro atoms. The lowest BCUT2D eigenvalue weighted by Gasteiger charge is -2.16. The number of para-hydroxylation sites is 1. The third kappa shape index (κ3) is 3.25. The number of hydrogen-bond donors (Lipinski definition) is 1. The van der Waals surface area contributed by atoms with Gasteiger partial charge in [-0.2, -0.15) is 0 Å². The molecule has 0 fully saturated rings. The number of benzene rings is 1. The summed E-state index contributed by atoms with van der Waals surface area (Å²) in [5.74, 6) is 1.20. The van der Waals surface area contributed by atoms with E-state index in [1.165, 1.54) is 0 Å². The van der Waals surface area contributed by atoms with E-state index in [0.29, 0.717) is 22.6 Å². The summed E-state index contributed by atoms with van der Waals surface area (Å²) in [6.07, 6.45) is 2.87. The molecule has 2 aromatic rings. The Morgan fingerprint density at radius 2 is 2.32 bits per heavy atom. The van der Waals surface area contributed by atoms with Gasteiger partial charge in [0.25, 0.3) is 5.91 Å². The summed E-state index contributed by atoms with van der Waals surface area (Å²) in [5.41, 5.74) is 1.95. The summed E-state index contributed by atoms with van der Waals surface area (Å²) in [6.45, 7) is 2.05. The van der Waals surface area contributed by atoms with Crippen molar-refractivity contribution < 1.29 is 14.1 Å². The van der Waals surface area contributed by atoms with E-state index in [4.69, 9.17) is 20.9 Å². The van der Waals surface area contributed by atoms with E-state index in [1.807, 2.05) is 0 Å². The summed E-state index contributed by atoms with van der Waals surface area (Å²) in [7, 11) is 0. The van der Waals surface area contributed by atoms with E-state index in [9.17, 15) is 4.79 Å². The van der Waals surface area contributed by atoms with Gasteiger partial charge in [-0.05, 0) is 37.3 Å². The predicted octanol–water partition coefficient (Wildman–Crippen LogP) is 3.47. The zero-order chi connectivity index (χ0) is 15.5. The van der Waals surface area contributed by atoms with Crippen molar-refractivity contribution in [2.45, 2.75) is 26.2 Å². The van der Waals surface area contributed by atoms with Gasteiger partial charge in [0.1, 0.15) is 5.75 Å². The van der Waals surface area contributed by atoms with Gasteiger partial charge in [-0.1, -0.05) is 35.8 Å². The van der Waals surface area contributed by atoms with Crippen molar-refractivity contribution >= 4 is 23.4 Å². The van der Waals surface area contributed by atoms with Gasteiger partial charge in [0.05, 0.1) is 10.7 Å². The molecular weight excluding hydrogens is 304 g/mol. The Morgan fingerprint density at radius 3 is 3.14 bits per heavy atom. The number of nitrogens with zero attached hydrogens (tertiary/aromatic N) is 1. The highest BCUT2D eigenvalue weighted by Gasteiger charge is 2.24. The van der Waals surface area contributed by atoms with Crippen molar-refractivity contribution in [1.82, 2.24) is 5.16 Å². The number of carbonyl (C=O) groups excluding carboxylic acids is 1. The number of aryl methyl sites for hydroxylation is 1. The first-order valence-corrected chi connectivity index (χ1v) is 7.66. The van der Waals surface area contributed by atoms with Crippen molar-refractivity contribution in [3.05, 3.63) is 40.5 Å². The van der Waals surface area contributed by atoms with Gasteiger partial charge in [0, 0.05) is 5.56 Å². The molecule has 1 aromatic heterocycles. The van der Waals surface area contributed by atoms with Gasteiger partial charge < -0.3 is 9.26 Å². The van der Waals surface area contributed by atoms with Crippen LogP contribution in [-0.4, -0.2) is 17.7 Å². The first kappa shape index (κ1) is 14.9. The molecule has 1 aromatic carbocycles. The zero-order valence-electron chi connectivity index (χ0n) is 12.3. The molecule has 0 aliphatic heterocycles. The van der Waals surface area contributed by atoms with Crippen molar-refractivity contribution in [2.75, 3.05) is 11.9 Å². The van der Waals surface area contributed by atoms with Crippen LogP contribution < -0.4 is 10.1 Å². The number of rotatable bonds is 4. The lowest BCUT2D eigenvalue weighted by molar-refractivity contribution is -0.118. The maximum absolute atomic E-state index is 12.0. The van der Waals surface area contributed by atoms with Crippen molar-refractivity contribution in [3.63, 3.8) is 0 Å². The van der Waals surface area contributed by atoms with E-state index in [2.05, 4.69) is 17.4 Å². The molecule has 0 saturated carbocycles. The molecule has 1 amide bonds. The Balaban J connectivity index is 1.61. The molecule has 5 nitrogen and oxygen atoms in total. The second-order valence-electron chi connectivity index (χ2n) is 5.55. The third-order valence-corrected chi connectivity index (χ3v) is 4.06. The van der Waals surface area contributed by atoms with E-state index in [-0.39, 0.29) is 12.5 Å². The van der Waals surface area contributed by atoms with Crippen LogP contribution in [0.2, 0.25) is 5.02 Å². The van der Waals surface area contributed by atoms with E-state index >= 15 is 0 Å². The molecule has 0 radical (unpaired) electrons. The molecule has 116 valence electrons. The van der Waals surface area contributed by atoms with Crippen LogP contribution in [-0.2, 0) is 17.6 Å². The first-order valence-electron chi connectivity index (χ1n) is 7.28. The fraction of sp³-hybridized carbons (Fsp3) is 0.375. The molecule has 1 atom stereocenters. The lowest BCUT2D eigenvalue weighted by atomic mass is 9.89. The van der Waals surface area contributed by atoms with Crippen LogP contribution >= 0.6 is 11.6 Å². The number of fused-ring (bicyclic) bond motifs is 1. The van der Waals surface area contributed by atoms with E-state index in [1.54, 1.807) is 24.3 Å². The van der Waals surface area contributed by atoms with Crippen molar-refractivity contribution in [3.8, 4) is 5.75 Å². The van der Waals surface area contributed by atoms with Crippen LogP contribution in [0.5, 0.6) is 5.75 Å². The predicted molar refractivity (Wildman–Crippen MR) is 83.3 cm³/mol. The third-order valence-electron chi connectivity index (χ3n) is 3.74. The molecule has 1 aliphatic rings. The van der Waals surface area contributed by atoms with E-state index in [0.717, 1.165) is 30.5 Å². The summed E-state index contributed by atoms with van der Waals surface area (Å²) in [6, 6.07) is 7.03. The minimum absolute atomic E-state index is 0.130. The molecule has 1 N–H and O–H groups in total. The normalized spacial score (nSPS) is 16.9. The monoisotopic (exact) mass is 320 g/mol. The van der Waals surface area contributed by atoms with Crippen LogP contribution in [0.1, 0.15) is 24.6 Å². The van der Waals surface area contributed by atoms with Crippen LogP contribution in [0, 0.1) is 5.92 Å². The number of amides is 1. The molecule has 3 rings (SSSR count). The fourth-order valence-electron chi connectivity index (χ4n) is 2.55. The smallest absolute Gasteiger partial charge is 0.264 e. The molecule has 0 saturated heterocycles. The number of ether oxygens (including phenoxy) is 1. The van der Waals surface area contributed by atoms with Gasteiger partial charge in [-0.3, -0.25) is 10.1 Å².